The Bertz CT molecular complexity index is 443. The van der Waals surface area contributed by atoms with Gasteiger partial charge in [0.1, 0.15) is 0 Å². The monoisotopic (exact) mass is 288 g/mol. The maximum absolute atomic E-state index is 3.49. The van der Waals surface area contributed by atoms with Crippen LogP contribution in [-0.4, -0.2) is 31.6 Å². The van der Waals surface area contributed by atoms with Crippen molar-refractivity contribution in [3.05, 3.63) is 35.4 Å². The molecule has 0 heterocycles. The molecule has 0 aromatic heterocycles. The van der Waals surface area contributed by atoms with E-state index in [1.54, 1.807) is 0 Å². The van der Waals surface area contributed by atoms with Gasteiger partial charge in [0.15, 0.2) is 0 Å². The summed E-state index contributed by atoms with van der Waals surface area (Å²) in [4.78, 5) is 2.57. The van der Waals surface area contributed by atoms with Gasteiger partial charge in [-0.25, -0.2) is 0 Å². The highest BCUT2D eigenvalue weighted by atomic mass is 15.2. The molecule has 2 nitrogen and oxygen atoms in total. The number of rotatable bonds is 5. The summed E-state index contributed by atoms with van der Waals surface area (Å²) in [7, 11) is 4.37. The molecule has 1 aliphatic carbocycles. The van der Waals surface area contributed by atoms with Gasteiger partial charge in [0.25, 0.3) is 0 Å². The van der Waals surface area contributed by atoms with Crippen molar-refractivity contribution in [1.29, 1.82) is 0 Å². The molecular formula is C19H32N2. The molecule has 0 spiro atoms. The molecule has 0 saturated heterocycles. The van der Waals surface area contributed by atoms with Gasteiger partial charge in [0.2, 0.25) is 0 Å². The number of aryl methyl sites for hydroxylation is 1. The Balaban J connectivity index is 1.95. The summed E-state index contributed by atoms with van der Waals surface area (Å²) in [5.74, 6) is 0. The second-order valence-electron chi connectivity index (χ2n) is 7.59. The fourth-order valence-corrected chi connectivity index (χ4v) is 3.51. The Morgan fingerprint density at radius 2 is 1.95 bits per heavy atom. The predicted molar refractivity (Wildman–Crippen MR) is 91.6 cm³/mol. The summed E-state index contributed by atoms with van der Waals surface area (Å²) in [5.41, 5.74) is 3.30. The molecule has 1 unspecified atom stereocenters. The van der Waals surface area contributed by atoms with E-state index >= 15 is 0 Å². The Hall–Kier alpha value is -0.860. The van der Waals surface area contributed by atoms with Gasteiger partial charge in [-0.05, 0) is 57.7 Å². The van der Waals surface area contributed by atoms with Crippen molar-refractivity contribution < 1.29 is 0 Å². The van der Waals surface area contributed by atoms with Gasteiger partial charge in [0.05, 0.1) is 0 Å². The lowest BCUT2D eigenvalue weighted by Gasteiger charge is -2.39. The first-order valence-corrected chi connectivity index (χ1v) is 8.35. The molecule has 2 heteroatoms. The van der Waals surface area contributed by atoms with Crippen molar-refractivity contribution in [2.45, 2.75) is 58.5 Å². The molecule has 1 fully saturated rings. The summed E-state index contributed by atoms with van der Waals surface area (Å²) in [6.45, 7) is 8.08. The molecule has 0 aliphatic heterocycles. The first kappa shape index (κ1) is 16.5. The lowest BCUT2D eigenvalue weighted by Crippen LogP contribution is -2.41. The highest BCUT2D eigenvalue weighted by molar-refractivity contribution is 5.25. The lowest BCUT2D eigenvalue weighted by atomic mass is 9.75. The number of nitrogens with one attached hydrogen (secondary N) is 1. The molecule has 21 heavy (non-hydrogen) atoms. The van der Waals surface area contributed by atoms with E-state index in [4.69, 9.17) is 0 Å². The Kier molecular flexibility index (Phi) is 5.45. The van der Waals surface area contributed by atoms with Crippen molar-refractivity contribution >= 4 is 0 Å². The van der Waals surface area contributed by atoms with Gasteiger partial charge < -0.3 is 10.2 Å². The van der Waals surface area contributed by atoms with Crippen LogP contribution in [0.3, 0.4) is 0 Å². The highest BCUT2D eigenvalue weighted by Gasteiger charge is 2.29. The number of likely N-dealkylation sites (N-methyl/N-ethyl adjacent to an activating group) is 2. The molecule has 1 saturated carbocycles. The molecule has 1 aromatic carbocycles. The number of nitrogens with zero attached hydrogens (tertiary/aromatic N) is 1. The molecule has 0 amide bonds. The van der Waals surface area contributed by atoms with Crippen LogP contribution in [-0.2, 0) is 0 Å². The maximum Gasteiger partial charge on any atom is 0.0446 e. The van der Waals surface area contributed by atoms with E-state index in [0.717, 1.165) is 12.6 Å². The van der Waals surface area contributed by atoms with Gasteiger partial charge >= 0.3 is 0 Å². The van der Waals surface area contributed by atoms with Crippen LogP contribution in [0.25, 0.3) is 0 Å². The summed E-state index contributed by atoms with van der Waals surface area (Å²) < 4.78 is 0. The van der Waals surface area contributed by atoms with Crippen LogP contribution >= 0.6 is 0 Å². The Morgan fingerprint density at radius 1 is 1.29 bits per heavy atom. The van der Waals surface area contributed by atoms with Gasteiger partial charge in [-0.15, -0.1) is 0 Å². The molecule has 0 bridgehead atoms. The first-order chi connectivity index (χ1) is 9.91. The van der Waals surface area contributed by atoms with Crippen LogP contribution in [0, 0.1) is 12.3 Å². The van der Waals surface area contributed by atoms with Crippen LogP contribution in [0.5, 0.6) is 0 Å². The summed E-state index contributed by atoms with van der Waals surface area (Å²) in [5, 5.41) is 3.49. The smallest absolute Gasteiger partial charge is 0.0446 e. The zero-order chi connectivity index (χ0) is 15.5. The molecule has 118 valence electrons. The molecule has 2 rings (SSSR count). The van der Waals surface area contributed by atoms with Crippen molar-refractivity contribution in [1.82, 2.24) is 10.2 Å². The molecule has 1 aromatic rings. The van der Waals surface area contributed by atoms with E-state index in [2.05, 4.69) is 69.3 Å². The van der Waals surface area contributed by atoms with E-state index in [9.17, 15) is 0 Å². The average molecular weight is 288 g/mol. The van der Waals surface area contributed by atoms with Gasteiger partial charge in [-0.2, -0.15) is 0 Å². The van der Waals surface area contributed by atoms with Crippen LogP contribution in [0.2, 0.25) is 0 Å². The minimum atomic E-state index is 0.421. The molecular weight excluding hydrogens is 256 g/mol. The van der Waals surface area contributed by atoms with E-state index in [1.807, 2.05) is 0 Å². The van der Waals surface area contributed by atoms with E-state index in [1.165, 1.54) is 36.8 Å². The average Bonchev–Trinajstić information content (AvgIpc) is 2.44. The normalized spacial score (nSPS) is 20.7. The number of hydrogen-bond acceptors (Lipinski definition) is 2. The highest BCUT2D eigenvalue weighted by Crippen LogP contribution is 2.36. The third-order valence-electron chi connectivity index (χ3n) is 5.20. The second-order valence-corrected chi connectivity index (χ2v) is 7.59. The molecule has 1 aliphatic rings. The van der Waals surface area contributed by atoms with E-state index < -0.39 is 0 Å². The van der Waals surface area contributed by atoms with Gasteiger partial charge in [-0.1, -0.05) is 43.7 Å². The zero-order valence-corrected chi connectivity index (χ0v) is 14.4. The summed E-state index contributed by atoms with van der Waals surface area (Å²) in [6.07, 6.45) is 5.40. The van der Waals surface area contributed by atoms with Crippen LogP contribution < -0.4 is 5.32 Å². The molecule has 1 N–H and O–H groups in total. The summed E-state index contributed by atoms with van der Waals surface area (Å²) >= 11 is 0. The van der Waals surface area contributed by atoms with Crippen LogP contribution in [0.15, 0.2) is 24.3 Å². The number of benzene rings is 1. The second kappa shape index (κ2) is 6.93. The topological polar surface area (TPSA) is 15.3 Å². The standard InChI is InChI=1S/C19H32N2/c1-15-7-6-8-16(13-15)18(20-4)14-21(5)17-9-11-19(2,3)12-10-17/h6-8,13,17-18,20H,9-12,14H2,1-5H3. The van der Waals surface area contributed by atoms with Crippen LogP contribution in [0.1, 0.15) is 56.7 Å². The quantitative estimate of drug-likeness (QED) is 0.875. The van der Waals surface area contributed by atoms with Gasteiger partial charge in [-0.3, -0.25) is 0 Å². The van der Waals surface area contributed by atoms with Crippen LogP contribution in [0.4, 0.5) is 0 Å². The lowest BCUT2D eigenvalue weighted by molar-refractivity contribution is 0.120. The zero-order valence-electron chi connectivity index (χ0n) is 14.4. The van der Waals surface area contributed by atoms with Crippen molar-refractivity contribution in [3.63, 3.8) is 0 Å². The SMILES string of the molecule is CNC(CN(C)C1CCC(C)(C)CC1)c1cccc(C)c1. The first-order valence-electron chi connectivity index (χ1n) is 8.35. The minimum absolute atomic E-state index is 0.421. The van der Waals surface area contributed by atoms with Gasteiger partial charge in [0, 0.05) is 18.6 Å². The number of hydrogen-bond donors (Lipinski definition) is 1. The fraction of sp³-hybridized carbons (Fsp3) is 0.684. The van der Waals surface area contributed by atoms with Crippen molar-refractivity contribution in [2.24, 2.45) is 5.41 Å². The predicted octanol–water partition coefficient (Wildman–Crippen LogP) is 4.16. The fourth-order valence-electron chi connectivity index (χ4n) is 3.51. The third-order valence-corrected chi connectivity index (χ3v) is 5.20. The Labute approximate surface area is 130 Å². The third kappa shape index (κ3) is 4.55. The maximum atomic E-state index is 3.49. The summed E-state index contributed by atoms with van der Waals surface area (Å²) in [6, 6.07) is 10.1. The van der Waals surface area contributed by atoms with E-state index in [0.29, 0.717) is 11.5 Å². The molecule has 1 atom stereocenters. The largest absolute Gasteiger partial charge is 0.312 e. The van der Waals surface area contributed by atoms with Crippen molar-refractivity contribution in [2.75, 3.05) is 20.6 Å². The Morgan fingerprint density at radius 3 is 2.52 bits per heavy atom. The molecule has 0 radical (unpaired) electrons. The van der Waals surface area contributed by atoms with Crippen molar-refractivity contribution in [3.8, 4) is 0 Å². The minimum Gasteiger partial charge on any atom is -0.312 e. The van der Waals surface area contributed by atoms with E-state index in [-0.39, 0.29) is 0 Å².